The van der Waals surface area contributed by atoms with Crippen molar-refractivity contribution < 1.29 is 22.7 Å². The molecule has 1 spiro atoms. The normalized spacial score (nSPS) is 16.7. The second-order valence-corrected chi connectivity index (χ2v) is 13.6. The van der Waals surface area contributed by atoms with Gasteiger partial charge in [-0.05, 0) is 56.0 Å². The van der Waals surface area contributed by atoms with E-state index in [0.717, 1.165) is 11.1 Å². The number of sulfonamides is 1. The van der Waals surface area contributed by atoms with Gasteiger partial charge >= 0.3 is 0 Å². The molecule has 230 valence electrons. The largest absolute Gasteiger partial charge is 0.374 e. The second kappa shape index (κ2) is 13.1. The van der Waals surface area contributed by atoms with Crippen molar-refractivity contribution in [2.24, 2.45) is 5.73 Å². The topological polar surface area (TPSA) is 122 Å². The van der Waals surface area contributed by atoms with Gasteiger partial charge in [-0.1, -0.05) is 66.7 Å². The summed E-state index contributed by atoms with van der Waals surface area (Å²) in [6.45, 7) is 4.64. The van der Waals surface area contributed by atoms with Gasteiger partial charge in [-0.3, -0.25) is 13.9 Å². The molecule has 5 rings (SSSR count). The van der Waals surface area contributed by atoms with Crippen LogP contribution >= 0.6 is 12.4 Å². The number of halogens is 1. The molecule has 0 unspecified atom stereocenters. The maximum atomic E-state index is 13.7. The van der Waals surface area contributed by atoms with Crippen molar-refractivity contribution in [3.63, 3.8) is 0 Å². The first-order valence-corrected chi connectivity index (χ1v) is 15.6. The van der Waals surface area contributed by atoms with E-state index in [1.165, 1.54) is 4.31 Å². The van der Waals surface area contributed by atoms with Crippen LogP contribution in [0.25, 0.3) is 0 Å². The summed E-state index contributed by atoms with van der Waals surface area (Å²) in [7, 11) is -3.75. The number of benzene rings is 3. The highest BCUT2D eigenvalue weighted by molar-refractivity contribution is 7.92. The number of carbonyl (C=O) groups excluding carboxylic acids is 2. The number of nitrogens with two attached hydrogens (primary N) is 1. The third-order valence-corrected chi connectivity index (χ3v) is 9.91. The number of fused-ring (bicyclic) bond motifs is 2. The van der Waals surface area contributed by atoms with Gasteiger partial charge in [0, 0.05) is 25.0 Å². The van der Waals surface area contributed by atoms with Crippen LogP contribution in [0.3, 0.4) is 0 Å². The van der Waals surface area contributed by atoms with Gasteiger partial charge in [0.05, 0.1) is 29.3 Å². The van der Waals surface area contributed by atoms with E-state index < -0.39 is 32.9 Å². The smallest absolute Gasteiger partial charge is 0.264 e. The van der Waals surface area contributed by atoms with Crippen LogP contribution in [0.2, 0.25) is 0 Å². The lowest BCUT2D eigenvalue weighted by Crippen LogP contribution is -2.59. The van der Waals surface area contributed by atoms with Crippen LogP contribution in [0.5, 0.6) is 0 Å². The summed E-state index contributed by atoms with van der Waals surface area (Å²) in [6.07, 6.45) is 1.18. The van der Waals surface area contributed by atoms with Gasteiger partial charge in [0.2, 0.25) is 11.8 Å². The lowest BCUT2D eigenvalue weighted by Gasteiger charge is -2.41. The lowest BCUT2D eigenvalue weighted by atomic mass is 9.74. The van der Waals surface area contributed by atoms with Crippen molar-refractivity contribution in [3.8, 4) is 0 Å². The van der Waals surface area contributed by atoms with Crippen LogP contribution in [0, 0.1) is 0 Å². The molecule has 3 aromatic carbocycles. The van der Waals surface area contributed by atoms with Crippen LogP contribution in [-0.4, -0.2) is 63.0 Å². The number of nitrogens with zero attached hydrogens (tertiary/aromatic N) is 2. The fraction of sp³-hybridized carbons (Fsp3) is 0.375. The van der Waals surface area contributed by atoms with Crippen LogP contribution in [0.15, 0.2) is 89.8 Å². The minimum Gasteiger partial charge on any atom is -0.374 e. The Kier molecular flexibility index (Phi) is 9.86. The predicted molar refractivity (Wildman–Crippen MR) is 168 cm³/mol. The molecule has 0 aliphatic carbocycles. The molecule has 2 aliphatic rings. The maximum Gasteiger partial charge on any atom is 0.264 e. The van der Waals surface area contributed by atoms with E-state index in [2.05, 4.69) is 5.32 Å². The van der Waals surface area contributed by atoms with E-state index in [0.29, 0.717) is 44.8 Å². The monoisotopic (exact) mass is 626 g/mol. The highest BCUT2D eigenvalue weighted by Gasteiger charge is 2.49. The number of likely N-dealkylation sites (tertiary alicyclic amines) is 1. The van der Waals surface area contributed by atoms with Crippen molar-refractivity contribution in [2.75, 3.05) is 30.5 Å². The summed E-state index contributed by atoms with van der Waals surface area (Å²) in [5, 5.41) is 2.79. The highest BCUT2D eigenvalue weighted by atomic mass is 35.5. The number of ether oxygens (including phenoxy) is 1. The first kappa shape index (κ1) is 32.5. The molecule has 1 saturated heterocycles. The third-order valence-electron chi connectivity index (χ3n) is 8.14. The van der Waals surface area contributed by atoms with Gasteiger partial charge in [-0.2, -0.15) is 0 Å². The van der Waals surface area contributed by atoms with Crippen molar-refractivity contribution in [1.82, 2.24) is 10.2 Å². The molecule has 0 saturated carbocycles. The minimum absolute atomic E-state index is 0. The van der Waals surface area contributed by atoms with Crippen molar-refractivity contribution in [2.45, 2.75) is 55.2 Å². The Hall–Kier alpha value is -3.44. The zero-order valence-electron chi connectivity index (χ0n) is 24.4. The van der Waals surface area contributed by atoms with Crippen molar-refractivity contribution in [1.29, 1.82) is 0 Å². The van der Waals surface area contributed by atoms with E-state index in [1.807, 2.05) is 54.6 Å². The zero-order chi connectivity index (χ0) is 30.0. The summed E-state index contributed by atoms with van der Waals surface area (Å²) in [4.78, 5) is 28.5. The number of rotatable bonds is 9. The molecule has 2 heterocycles. The second-order valence-electron chi connectivity index (χ2n) is 11.7. The Bertz CT molecular complexity index is 1520. The van der Waals surface area contributed by atoms with Gasteiger partial charge < -0.3 is 20.7 Å². The lowest BCUT2D eigenvalue weighted by molar-refractivity contribution is -0.140. The standard InChI is InChI=1S/C32H38N4O5S.ClH/c1-31(2,33)30(38)34-27(22-41-21-24-11-5-3-6-12-24)29(37)35-19-17-32(18-20-35)23-36(28-16-10-9-15-26(28)32)42(39,40)25-13-7-4-8-14-25;/h3-16,27H,17-23,33H2,1-2H3,(H,34,38);1H/t27-;/m1./s1. The Labute approximate surface area is 259 Å². The van der Waals surface area contributed by atoms with E-state index >= 15 is 0 Å². The Morgan fingerprint density at radius 1 is 0.953 bits per heavy atom. The van der Waals surface area contributed by atoms with Crippen molar-refractivity contribution in [3.05, 3.63) is 96.1 Å². The van der Waals surface area contributed by atoms with E-state index in [9.17, 15) is 18.0 Å². The first-order valence-electron chi connectivity index (χ1n) is 14.2. The molecule has 0 radical (unpaired) electrons. The number of carbonyl (C=O) groups is 2. The summed E-state index contributed by atoms with van der Waals surface area (Å²) in [6, 6.07) is 24.8. The van der Waals surface area contributed by atoms with Crippen LogP contribution in [-0.2, 0) is 36.4 Å². The SMILES string of the molecule is CC(C)(N)C(=O)N[C@H](COCc1ccccc1)C(=O)N1CCC2(CC1)CN(S(=O)(=O)c1ccccc1)c1ccccc12.Cl. The zero-order valence-corrected chi connectivity index (χ0v) is 26.1. The molecule has 2 amide bonds. The fourth-order valence-electron chi connectivity index (χ4n) is 5.71. The van der Waals surface area contributed by atoms with E-state index in [1.54, 1.807) is 49.1 Å². The number of para-hydroxylation sites is 1. The summed E-state index contributed by atoms with van der Waals surface area (Å²) < 4.78 is 34.7. The number of nitrogens with one attached hydrogen (secondary N) is 1. The molecule has 2 aliphatic heterocycles. The molecular formula is C32H39ClN4O5S. The molecule has 3 aromatic rings. The minimum atomic E-state index is -3.75. The van der Waals surface area contributed by atoms with Gasteiger partial charge in [0.25, 0.3) is 10.0 Å². The Morgan fingerprint density at radius 2 is 1.53 bits per heavy atom. The molecule has 9 nitrogen and oxygen atoms in total. The Balaban J connectivity index is 0.00000423. The average Bonchev–Trinajstić information content (AvgIpc) is 3.31. The average molecular weight is 627 g/mol. The first-order chi connectivity index (χ1) is 20.0. The molecule has 0 bridgehead atoms. The van der Waals surface area contributed by atoms with E-state index in [4.69, 9.17) is 10.5 Å². The van der Waals surface area contributed by atoms with Crippen LogP contribution < -0.4 is 15.4 Å². The number of anilines is 1. The summed E-state index contributed by atoms with van der Waals surface area (Å²) in [5.41, 5.74) is 7.06. The Morgan fingerprint density at radius 3 is 2.16 bits per heavy atom. The molecule has 3 N–H and O–H groups in total. The number of piperidine rings is 1. The number of amides is 2. The number of hydrogen-bond acceptors (Lipinski definition) is 6. The van der Waals surface area contributed by atoms with Crippen molar-refractivity contribution >= 4 is 39.9 Å². The molecule has 1 atom stereocenters. The summed E-state index contributed by atoms with van der Waals surface area (Å²) in [5.74, 6) is -0.681. The fourth-order valence-corrected chi connectivity index (χ4v) is 7.30. The molecule has 11 heteroatoms. The number of hydrogen-bond donors (Lipinski definition) is 2. The predicted octanol–water partition coefficient (Wildman–Crippen LogP) is 3.62. The molecule has 1 fully saturated rings. The van der Waals surface area contributed by atoms with Gasteiger partial charge in [-0.15, -0.1) is 12.4 Å². The molecular weight excluding hydrogens is 588 g/mol. The van der Waals surface area contributed by atoms with E-state index in [-0.39, 0.29) is 29.8 Å². The maximum absolute atomic E-state index is 13.7. The van der Waals surface area contributed by atoms with Gasteiger partial charge in [-0.25, -0.2) is 8.42 Å². The molecule has 0 aromatic heterocycles. The summed E-state index contributed by atoms with van der Waals surface area (Å²) >= 11 is 0. The highest BCUT2D eigenvalue weighted by Crippen LogP contribution is 2.48. The van der Waals surface area contributed by atoms with Crippen LogP contribution in [0.1, 0.15) is 37.8 Å². The van der Waals surface area contributed by atoms with Gasteiger partial charge in [0.15, 0.2) is 0 Å². The van der Waals surface area contributed by atoms with Crippen LogP contribution in [0.4, 0.5) is 5.69 Å². The third kappa shape index (κ3) is 6.88. The quantitative estimate of drug-likeness (QED) is 0.374. The van der Waals surface area contributed by atoms with Gasteiger partial charge in [0.1, 0.15) is 6.04 Å². The molecule has 43 heavy (non-hydrogen) atoms.